The van der Waals surface area contributed by atoms with Gasteiger partial charge in [-0.25, -0.2) is 0 Å². The summed E-state index contributed by atoms with van der Waals surface area (Å²) < 4.78 is 16.7. The summed E-state index contributed by atoms with van der Waals surface area (Å²) >= 11 is 0. The van der Waals surface area contributed by atoms with Gasteiger partial charge in [0.25, 0.3) is 0 Å². The molecule has 6 heteroatoms. The fraction of sp³-hybridized carbons (Fsp3) is 0.857. The van der Waals surface area contributed by atoms with Crippen LogP contribution >= 0.6 is 0 Å². The number of ether oxygens (including phenoxy) is 3. The van der Waals surface area contributed by atoms with Crippen molar-refractivity contribution >= 4 is 17.9 Å². The van der Waals surface area contributed by atoms with Gasteiger partial charge >= 0.3 is 17.9 Å². The summed E-state index contributed by atoms with van der Waals surface area (Å²) in [6.07, 6.45) is 5.37. The van der Waals surface area contributed by atoms with Gasteiger partial charge in [0.05, 0.1) is 17.3 Å². The molecular formula is C21H30O6. The van der Waals surface area contributed by atoms with Crippen molar-refractivity contribution in [1.82, 2.24) is 0 Å². The predicted octanol–water partition coefficient (Wildman–Crippen LogP) is 3.16. The van der Waals surface area contributed by atoms with Gasteiger partial charge in [-0.2, -0.15) is 0 Å². The zero-order valence-electron chi connectivity index (χ0n) is 16.5. The second kappa shape index (κ2) is 6.21. The van der Waals surface area contributed by atoms with Crippen molar-refractivity contribution in [2.24, 2.45) is 22.7 Å². The van der Waals surface area contributed by atoms with E-state index in [9.17, 15) is 14.4 Å². The molecule has 0 aromatic heterocycles. The minimum atomic E-state index is -0.577. The number of hydrogen-bond acceptors (Lipinski definition) is 6. The molecule has 3 atom stereocenters. The molecule has 0 N–H and O–H groups in total. The van der Waals surface area contributed by atoms with E-state index in [2.05, 4.69) is 0 Å². The van der Waals surface area contributed by atoms with Crippen LogP contribution in [0.2, 0.25) is 0 Å². The number of esters is 3. The second-order valence-corrected chi connectivity index (χ2v) is 9.97. The largest absolute Gasteiger partial charge is 0.462 e. The molecule has 4 aliphatic carbocycles. The van der Waals surface area contributed by atoms with E-state index in [1.165, 1.54) is 0 Å². The fourth-order valence-corrected chi connectivity index (χ4v) is 5.86. The van der Waals surface area contributed by atoms with Crippen LogP contribution in [0.3, 0.4) is 0 Å². The van der Waals surface area contributed by atoms with E-state index < -0.39 is 22.5 Å². The molecule has 4 saturated carbocycles. The zero-order chi connectivity index (χ0) is 19.4. The maximum atomic E-state index is 13.1. The molecular weight excluding hydrogens is 348 g/mol. The van der Waals surface area contributed by atoms with Gasteiger partial charge in [0.1, 0.15) is 18.3 Å². The van der Waals surface area contributed by atoms with Crippen LogP contribution in [0.1, 0.15) is 72.1 Å². The number of hydrogen-bond donors (Lipinski definition) is 0. The molecule has 4 bridgehead atoms. The van der Waals surface area contributed by atoms with Crippen molar-refractivity contribution in [2.75, 3.05) is 6.61 Å². The molecule has 5 rings (SSSR count). The lowest BCUT2D eigenvalue weighted by Gasteiger charge is -2.60. The molecule has 150 valence electrons. The molecule has 0 aromatic carbocycles. The van der Waals surface area contributed by atoms with Crippen LogP contribution in [-0.4, -0.2) is 36.2 Å². The van der Waals surface area contributed by atoms with Crippen LogP contribution in [0.4, 0.5) is 0 Å². The lowest BCUT2D eigenvalue weighted by molar-refractivity contribution is -0.219. The summed E-state index contributed by atoms with van der Waals surface area (Å²) in [5.74, 6) is 0.0986. The average Bonchev–Trinajstić information content (AvgIpc) is 2.98. The van der Waals surface area contributed by atoms with Crippen LogP contribution in [-0.2, 0) is 28.6 Å². The normalized spacial score (nSPS) is 40.0. The van der Waals surface area contributed by atoms with Crippen molar-refractivity contribution in [2.45, 2.75) is 83.8 Å². The maximum absolute atomic E-state index is 13.1. The highest BCUT2D eigenvalue weighted by molar-refractivity contribution is 5.80. The molecule has 3 unspecified atom stereocenters. The Balaban J connectivity index is 1.52. The third kappa shape index (κ3) is 3.25. The lowest BCUT2D eigenvalue weighted by atomic mass is 9.48. The molecule has 0 amide bonds. The molecule has 1 aliphatic heterocycles. The fourth-order valence-electron chi connectivity index (χ4n) is 5.86. The Morgan fingerprint density at radius 3 is 2.41 bits per heavy atom. The van der Waals surface area contributed by atoms with Crippen molar-refractivity contribution in [3.05, 3.63) is 0 Å². The van der Waals surface area contributed by atoms with Crippen molar-refractivity contribution in [3.8, 4) is 0 Å². The highest BCUT2D eigenvalue weighted by atomic mass is 16.6. The van der Waals surface area contributed by atoms with E-state index in [0.717, 1.165) is 38.5 Å². The summed E-state index contributed by atoms with van der Waals surface area (Å²) in [7, 11) is 0. The summed E-state index contributed by atoms with van der Waals surface area (Å²) in [6.45, 7) is 5.97. The van der Waals surface area contributed by atoms with E-state index in [4.69, 9.17) is 14.2 Å². The first kappa shape index (κ1) is 18.8. The van der Waals surface area contributed by atoms with Crippen molar-refractivity contribution in [1.29, 1.82) is 0 Å². The predicted molar refractivity (Wildman–Crippen MR) is 95.5 cm³/mol. The van der Waals surface area contributed by atoms with Gasteiger partial charge in [0.15, 0.2) is 0 Å². The van der Waals surface area contributed by atoms with E-state index in [1.54, 1.807) is 0 Å². The van der Waals surface area contributed by atoms with E-state index in [-0.39, 0.29) is 30.9 Å². The molecule has 0 spiro atoms. The summed E-state index contributed by atoms with van der Waals surface area (Å²) in [5.41, 5.74) is -1.63. The van der Waals surface area contributed by atoms with Gasteiger partial charge < -0.3 is 14.2 Å². The topological polar surface area (TPSA) is 78.9 Å². The second-order valence-electron chi connectivity index (χ2n) is 9.97. The molecule has 5 aliphatic rings. The third-order valence-corrected chi connectivity index (χ3v) is 7.28. The monoisotopic (exact) mass is 378 g/mol. The molecule has 0 radical (unpaired) electrons. The lowest BCUT2D eigenvalue weighted by Crippen LogP contribution is -2.60. The molecule has 27 heavy (non-hydrogen) atoms. The van der Waals surface area contributed by atoms with Gasteiger partial charge in [-0.15, -0.1) is 0 Å². The van der Waals surface area contributed by atoms with Gasteiger partial charge in [0.2, 0.25) is 0 Å². The Morgan fingerprint density at radius 1 is 1.19 bits per heavy atom. The Bertz CT molecular complexity index is 652. The number of cyclic esters (lactones) is 1. The first-order valence-electron chi connectivity index (χ1n) is 10.3. The average molecular weight is 378 g/mol. The number of rotatable bonds is 5. The van der Waals surface area contributed by atoms with Crippen LogP contribution < -0.4 is 0 Å². The Morgan fingerprint density at radius 2 is 1.85 bits per heavy atom. The Hall–Kier alpha value is -1.59. The van der Waals surface area contributed by atoms with Crippen LogP contribution in [0.15, 0.2) is 0 Å². The van der Waals surface area contributed by atoms with Crippen molar-refractivity contribution in [3.63, 3.8) is 0 Å². The molecule has 6 nitrogen and oxygen atoms in total. The summed E-state index contributed by atoms with van der Waals surface area (Å²) in [5, 5.41) is 0. The van der Waals surface area contributed by atoms with Crippen molar-refractivity contribution < 1.29 is 28.6 Å². The summed E-state index contributed by atoms with van der Waals surface area (Å²) in [4.78, 5) is 37.2. The minimum absolute atomic E-state index is 0.138. The first-order valence-corrected chi connectivity index (χ1v) is 10.3. The Kier molecular flexibility index (Phi) is 4.32. The van der Waals surface area contributed by atoms with Crippen LogP contribution in [0, 0.1) is 22.7 Å². The smallest absolute Gasteiger partial charge is 0.312 e. The summed E-state index contributed by atoms with van der Waals surface area (Å²) in [6, 6.07) is 0. The molecule has 5 fully saturated rings. The van der Waals surface area contributed by atoms with E-state index >= 15 is 0 Å². The van der Waals surface area contributed by atoms with Crippen LogP contribution in [0.25, 0.3) is 0 Å². The molecule has 1 heterocycles. The maximum Gasteiger partial charge on any atom is 0.312 e. The van der Waals surface area contributed by atoms with Crippen LogP contribution in [0.5, 0.6) is 0 Å². The van der Waals surface area contributed by atoms with Gasteiger partial charge in [-0.1, -0.05) is 6.92 Å². The SMILES string of the molecule is CCC(C)(C)C(=O)OC12CC3CC(C1)CC(C(=O)OC1COC(=O)C1)(C3)C2. The number of carbonyl (C=O) groups excluding carboxylic acids is 3. The molecule has 0 aromatic rings. The standard InChI is InChI=1S/C21H30O6/c1-4-19(2,3)17(23)27-21-9-13-5-14(10-21)8-20(7-13,12-21)18(24)26-15-6-16(22)25-11-15/h13-15H,4-12H2,1-3H3. The third-order valence-electron chi connectivity index (χ3n) is 7.28. The molecule has 1 saturated heterocycles. The van der Waals surface area contributed by atoms with Gasteiger partial charge in [0, 0.05) is 6.42 Å². The van der Waals surface area contributed by atoms with E-state index in [1.807, 2.05) is 20.8 Å². The highest BCUT2D eigenvalue weighted by Crippen LogP contribution is 2.63. The van der Waals surface area contributed by atoms with Gasteiger partial charge in [-0.3, -0.25) is 14.4 Å². The number of carbonyl (C=O) groups is 3. The highest BCUT2D eigenvalue weighted by Gasteiger charge is 2.63. The zero-order valence-corrected chi connectivity index (χ0v) is 16.5. The first-order chi connectivity index (χ1) is 12.7. The Labute approximate surface area is 160 Å². The minimum Gasteiger partial charge on any atom is -0.462 e. The quantitative estimate of drug-likeness (QED) is 0.540. The van der Waals surface area contributed by atoms with E-state index in [0.29, 0.717) is 18.3 Å². The van der Waals surface area contributed by atoms with Gasteiger partial charge in [-0.05, 0) is 64.2 Å².